The summed E-state index contributed by atoms with van der Waals surface area (Å²) >= 11 is 0. The Hall–Kier alpha value is -2.22. The summed E-state index contributed by atoms with van der Waals surface area (Å²) < 4.78 is 16.7. The molecule has 4 rings (SSSR count). The van der Waals surface area contributed by atoms with Crippen LogP contribution in [-0.2, 0) is 15.9 Å². The number of nitrogens with zero attached hydrogens (tertiary/aromatic N) is 3. The van der Waals surface area contributed by atoms with Crippen molar-refractivity contribution in [3.8, 4) is 17.0 Å². The van der Waals surface area contributed by atoms with Crippen LogP contribution in [0.1, 0.15) is 5.69 Å². The van der Waals surface area contributed by atoms with Gasteiger partial charge in [0, 0.05) is 26.1 Å². The zero-order valence-electron chi connectivity index (χ0n) is 14.8. The average Bonchev–Trinajstić information content (AvgIpc) is 2.64. The van der Waals surface area contributed by atoms with Crippen LogP contribution in [0.25, 0.3) is 11.1 Å². The second-order valence-corrected chi connectivity index (χ2v) is 6.56. The largest absolute Gasteiger partial charge is 0.469 e. The number of hydrogen-bond donors (Lipinski definition) is 1. The normalized spacial score (nSPS) is 18.5. The minimum Gasteiger partial charge on any atom is -0.469 e. The van der Waals surface area contributed by atoms with Gasteiger partial charge in [-0.1, -0.05) is 30.3 Å². The lowest BCUT2D eigenvalue weighted by Crippen LogP contribution is -2.39. The fourth-order valence-electron chi connectivity index (χ4n) is 3.19. The second-order valence-electron chi connectivity index (χ2n) is 6.56. The molecular weight excluding hydrogens is 332 g/mol. The Morgan fingerprint density at radius 1 is 1.08 bits per heavy atom. The number of rotatable bonds is 6. The molecule has 0 amide bonds. The third-order valence-corrected chi connectivity index (χ3v) is 4.68. The number of nitrogens with two attached hydrogens (primary N) is 1. The molecule has 7 nitrogen and oxygen atoms in total. The van der Waals surface area contributed by atoms with E-state index in [1.165, 1.54) is 0 Å². The topological polar surface area (TPSA) is 82.7 Å². The Bertz CT molecular complexity index is 731. The zero-order chi connectivity index (χ0) is 17.8. The summed E-state index contributed by atoms with van der Waals surface area (Å²) in [6.07, 6.45) is 0.813. The molecule has 0 saturated carbocycles. The summed E-state index contributed by atoms with van der Waals surface area (Å²) in [5.74, 6) is 0.797. The van der Waals surface area contributed by atoms with Crippen LogP contribution in [-0.4, -0.2) is 67.0 Å². The molecule has 1 aromatic carbocycles. The Morgan fingerprint density at radius 2 is 1.85 bits per heavy atom. The van der Waals surface area contributed by atoms with Gasteiger partial charge in [0.2, 0.25) is 11.8 Å². The van der Waals surface area contributed by atoms with E-state index in [0.717, 1.165) is 56.1 Å². The summed E-state index contributed by atoms with van der Waals surface area (Å²) in [7, 11) is 0. The number of nitrogen functional groups attached to an aromatic ring is 1. The van der Waals surface area contributed by atoms with Crippen LogP contribution >= 0.6 is 0 Å². The average molecular weight is 356 g/mol. The third kappa shape index (κ3) is 3.95. The third-order valence-electron chi connectivity index (χ3n) is 4.68. The first-order chi connectivity index (χ1) is 12.8. The van der Waals surface area contributed by atoms with Gasteiger partial charge in [0.15, 0.2) is 0 Å². The molecule has 138 valence electrons. The van der Waals surface area contributed by atoms with E-state index in [9.17, 15) is 0 Å². The minimum absolute atomic E-state index is 0.0267. The van der Waals surface area contributed by atoms with Crippen molar-refractivity contribution in [2.75, 3.05) is 51.8 Å². The van der Waals surface area contributed by atoms with Gasteiger partial charge in [-0.25, -0.2) is 4.98 Å². The van der Waals surface area contributed by atoms with Gasteiger partial charge in [0.05, 0.1) is 37.7 Å². The number of anilines is 1. The van der Waals surface area contributed by atoms with Crippen molar-refractivity contribution in [1.29, 1.82) is 0 Å². The molecule has 2 N–H and O–H groups in total. The van der Waals surface area contributed by atoms with Gasteiger partial charge >= 0.3 is 0 Å². The summed E-state index contributed by atoms with van der Waals surface area (Å²) in [4.78, 5) is 11.3. The van der Waals surface area contributed by atoms with Crippen LogP contribution < -0.4 is 10.5 Å². The van der Waals surface area contributed by atoms with E-state index in [4.69, 9.17) is 19.9 Å². The predicted molar refractivity (Wildman–Crippen MR) is 98.1 cm³/mol. The molecule has 0 unspecified atom stereocenters. The van der Waals surface area contributed by atoms with Crippen LogP contribution in [0.4, 0.5) is 5.95 Å². The lowest BCUT2D eigenvalue weighted by molar-refractivity contribution is -0.0811. The van der Waals surface area contributed by atoms with E-state index in [2.05, 4.69) is 27.0 Å². The van der Waals surface area contributed by atoms with E-state index in [1.807, 2.05) is 18.2 Å². The Kier molecular flexibility index (Phi) is 5.29. The second kappa shape index (κ2) is 7.99. The molecule has 3 heterocycles. The molecular formula is C19H24N4O3. The van der Waals surface area contributed by atoms with Crippen LogP contribution in [0.5, 0.6) is 5.88 Å². The first-order valence-electron chi connectivity index (χ1n) is 9.06. The van der Waals surface area contributed by atoms with Crippen molar-refractivity contribution in [2.45, 2.75) is 12.5 Å². The van der Waals surface area contributed by atoms with Crippen molar-refractivity contribution in [3.05, 3.63) is 36.0 Å². The Labute approximate surface area is 153 Å². The molecule has 2 aromatic rings. The van der Waals surface area contributed by atoms with Crippen molar-refractivity contribution >= 4 is 5.95 Å². The van der Waals surface area contributed by atoms with Gasteiger partial charge in [-0.15, -0.1) is 0 Å². The van der Waals surface area contributed by atoms with Crippen LogP contribution in [0, 0.1) is 0 Å². The fraction of sp³-hybridized carbons (Fsp3) is 0.474. The quantitative estimate of drug-likeness (QED) is 0.837. The maximum atomic E-state index is 6.06. The molecule has 7 heteroatoms. The van der Waals surface area contributed by atoms with Gasteiger partial charge in [-0.3, -0.25) is 4.90 Å². The van der Waals surface area contributed by atoms with E-state index in [0.29, 0.717) is 19.1 Å². The molecule has 2 fully saturated rings. The molecule has 1 aromatic heterocycles. The van der Waals surface area contributed by atoms with Gasteiger partial charge in [-0.05, 0) is 5.56 Å². The highest BCUT2D eigenvalue weighted by Gasteiger charge is 2.25. The first-order valence-corrected chi connectivity index (χ1v) is 9.06. The highest BCUT2D eigenvalue weighted by molar-refractivity contribution is 5.71. The maximum Gasteiger partial charge on any atom is 0.226 e. The Balaban J connectivity index is 1.63. The highest BCUT2D eigenvalue weighted by Crippen LogP contribution is 2.33. The highest BCUT2D eigenvalue weighted by atomic mass is 16.6. The monoisotopic (exact) mass is 356 g/mol. The van der Waals surface area contributed by atoms with Crippen molar-refractivity contribution < 1.29 is 14.2 Å². The zero-order valence-corrected chi connectivity index (χ0v) is 14.8. The molecule has 2 saturated heterocycles. The lowest BCUT2D eigenvalue weighted by Gasteiger charge is -2.28. The number of benzene rings is 1. The fourth-order valence-corrected chi connectivity index (χ4v) is 3.19. The molecule has 2 aliphatic heterocycles. The number of ether oxygens (including phenoxy) is 3. The van der Waals surface area contributed by atoms with Gasteiger partial charge in [-0.2, -0.15) is 4.98 Å². The van der Waals surface area contributed by atoms with Crippen LogP contribution in [0.2, 0.25) is 0 Å². The van der Waals surface area contributed by atoms with Gasteiger partial charge in [0.25, 0.3) is 0 Å². The number of aromatic nitrogens is 2. The standard InChI is InChI=1S/C19H24N4O3/c20-19-21-16(6-7-23-8-10-24-11-9-23)17(14-4-2-1-3-5-14)18(22-19)26-15-12-25-13-15/h1-5,15H,6-13H2,(H2,20,21,22). The Morgan fingerprint density at radius 3 is 2.54 bits per heavy atom. The smallest absolute Gasteiger partial charge is 0.226 e. The molecule has 0 radical (unpaired) electrons. The predicted octanol–water partition coefficient (Wildman–Crippen LogP) is 1.38. The molecule has 0 bridgehead atoms. The molecule has 2 aliphatic rings. The lowest BCUT2D eigenvalue weighted by atomic mass is 10.0. The van der Waals surface area contributed by atoms with E-state index >= 15 is 0 Å². The first kappa shape index (κ1) is 17.2. The van der Waals surface area contributed by atoms with Gasteiger partial charge in [0.1, 0.15) is 6.10 Å². The maximum absolute atomic E-state index is 6.06. The summed E-state index contributed by atoms with van der Waals surface area (Å²) in [5.41, 5.74) is 8.88. The van der Waals surface area contributed by atoms with E-state index < -0.39 is 0 Å². The molecule has 0 aliphatic carbocycles. The minimum atomic E-state index is 0.0267. The van der Waals surface area contributed by atoms with Crippen LogP contribution in [0.3, 0.4) is 0 Å². The van der Waals surface area contributed by atoms with Crippen molar-refractivity contribution in [3.63, 3.8) is 0 Å². The molecule has 0 spiro atoms. The SMILES string of the molecule is Nc1nc(CCN2CCOCC2)c(-c2ccccc2)c(OC2COC2)n1. The summed E-state index contributed by atoms with van der Waals surface area (Å²) in [6.45, 7) is 5.54. The van der Waals surface area contributed by atoms with Crippen LogP contribution in [0.15, 0.2) is 30.3 Å². The molecule has 26 heavy (non-hydrogen) atoms. The summed E-state index contributed by atoms with van der Waals surface area (Å²) in [6, 6.07) is 10.1. The van der Waals surface area contributed by atoms with Gasteiger partial charge < -0.3 is 19.9 Å². The number of hydrogen-bond acceptors (Lipinski definition) is 7. The van der Waals surface area contributed by atoms with Crippen molar-refractivity contribution in [2.24, 2.45) is 0 Å². The number of morpholine rings is 1. The van der Waals surface area contributed by atoms with E-state index in [-0.39, 0.29) is 12.1 Å². The summed E-state index contributed by atoms with van der Waals surface area (Å²) in [5, 5.41) is 0. The molecule has 0 atom stereocenters. The van der Waals surface area contributed by atoms with E-state index in [1.54, 1.807) is 0 Å². The van der Waals surface area contributed by atoms with Crippen molar-refractivity contribution in [1.82, 2.24) is 14.9 Å².